The average Bonchev–Trinajstić information content (AvgIpc) is 3.85. The second-order valence-corrected chi connectivity index (χ2v) is 19.2. The number of ether oxygens (including phenoxy) is 3. The van der Waals surface area contributed by atoms with Gasteiger partial charge in [0, 0.05) is 72.5 Å². The number of methoxy groups -OCH3 is 1. The Morgan fingerprint density at radius 3 is 2.13 bits per heavy atom. The Bertz CT molecular complexity index is 2980. The van der Waals surface area contributed by atoms with Gasteiger partial charge in [0.2, 0.25) is 11.8 Å². The molecule has 0 saturated carbocycles. The van der Waals surface area contributed by atoms with Crippen molar-refractivity contribution in [1.82, 2.24) is 5.32 Å². The topological polar surface area (TPSA) is 173 Å². The molecule has 14 nitrogen and oxygen atoms in total. The number of ketones is 2. The van der Waals surface area contributed by atoms with Gasteiger partial charge in [0.1, 0.15) is 24.7 Å². The molecule has 2 N–H and O–H groups in total. The van der Waals surface area contributed by atoms with Crippen LogP contribution in [0.3, 0.4) is 0 Å². The molecule has 4 atom stereocenters. The van der Waals surface area contributed by atoms with Crippen molar-refractivity contribution in [1.29, 1.82) is 0 Å². The third-order valence-corrected chi connectivity index (χ3v) is 13.9. The van der Waals surface area contributed by atoms with Crippen molar-refractivity contribution in [3.63, 3.8) is 0 Å². The molecule has 0 saturated heterocycles. The van der Waals surface area contributed by atoms with Crippen LogP contribution in [0.1, 0.15) is 113 Å². The predicted molar refractivity (Wildman–Crippen MR) is 271 cm³/mol. The third kappa shape index (κ3) is 10.5. The summed E-state index contributed by atoms with van der Waals surface area (Å²) >= 11 is 0. The molecule has 4 aliphatic heterocycles. The maximum Gasteiger partial charge on any atom is 0.261 e. The minimum Gasteiger partial charge on any atom is -0.493 e. The number of amides is 4. The monoisotopic (exact) mass is 957 g/mol. The molecule has 0 unspecified atom stereocenters. The van der Waals surface area contributed by atoms with E-state index in [0.717, 1.165) is 40.9 Å². The number of rotatable bonds is 18. The van der Waals surface area contributed by atoms with Gasteiger partial charge < -0.3 is 34.5 Å². The van der Waals surface area contributed by atoms with Gasteiger partial charge in [-0.1, -0.05) is 43.3 Å². The predicted octanol–water partition coefficient (Wildman–Crippen LogP) is 9.15. The number of Topliss-reactive ketones (excluding diaryl/α,β-unsaturated/α-hetero) is 2. The first-order chi connectivity index (χ1) is 34.2. The van der Waals surface area contributed by atoms with Gasteiger partial charge in [-0.3, -0.25) is 33.9 Å². The van der Waals surface area contributed by atoms with Gasteiger partial charge >= 0.3 is 0 Å². The molecule has 0 fully saturated rings. The highest BCUT2D eigenvalue weighted by Gasteiger charge is 2.38. The molecule has 5 aromatic rings. The van der Waals surface area contributed by atoms with Gasteiger partial charge in [-0.15, -0.1) is 0 Å². The highest BCUT2D eigenvalue weighted by Crippen LogP contribution is 2.42. The van der Waals surface area contributed by atoms with Crippen LogP contribution in [-0.4, -0.2) is 66.6 Å². The van der Waals surface area contributed by atoms with E-state index in [1.165, 1.54) is 12.5 Å². The molecule has 0 radical (unpaired) electrons. The molecule has 9 rings (SSSR count). The molecular weight excluding hydrogens is 899 g/mol. The first-order valence-corrected chi connectivity index (χ1v) is 24.5. The summed E-state index contributed by atoms with van der Waals surface area (Å²) in [6.45, 7) is 6.82. The molecule has 0 aliphatic carbocycles. The van der Waals surface area contributed by atoms with Crippen LogP contribution in [0, 0.1) is 12.8 Å². The van der Waals surface area contributed by atoms with Crippen LogP contribution in [0.2, 0.25) is 0 Å². The molecule has 4 aliphatic rings. The Morgan fingerprint density at radius 1 is 0.746 bits per heavy atom. The number of fused-ring (bicyclic) bond motifs is 8. The summed E-state index contributed by atoms with van der Waals surface area (Å²) in [5.41, 5.74) is 9.19. The fourth-order valence-corrected chi connectivity index (χ4v) is 10.1. The fraction of sp³-hybridized carbons (Fsp3) is 0.351. The van der Waals surface area contributed by atoms with Crippen LogP contribution >= 0.6 is 0 Å². The van der Waals surface area contributed by atoms with Gasteiger partial charge in [-0.25, -0.2) is 0 Å². The zero-order valence-corrected chi connectivity index (χ0v) is 40.8. The van der Waals surface area contributed by atoms with Gasteiger partial charge in [-0.2, -0.15) is 0 Å². The van der Waals surface area contributed by atoms with Crippen LogP contribution in [0.4, 0.5) is 22.7 Å². The van der Waals surface area contributed by atoms with Crippen LogP contribution in [0.15, 0.2) is 96.0 Å². The van der Waals surface area contributed by atoms with E-state index in [4.69, 9.17) is 19.2 Å². The first-order valence-electron chi connectivity index (χ1n) is 24.5. The smallest absolute Gasteiger partial charge is 0.261 e. The second kappa shape index (κ2) is 20.8. The number of unbranched alkanes of at least 4 members (excludes halogenated alkanes) is 1. The number of para-hydroxylation sites is 2. The van der Waals surface area contributed by atoms with E-state index >= 15 is 0 Å². The number of nitrogens with zero attached hydrogens (tertiary/aromatic N) is 3. The van der Waals surface area contributed by atoms with E-state index in [0.29, 0.717) is 83.0 Å². The summed E-state index contributed by atoms with van der Waals surface area (Å²) in [4.78, 5) is 87.4. The van der Waals surface area contributed by atoms with E-state index in [1.807, 2.05) is 83.6 Å². The summed E-state index contributed by atoms with van der Waals surface area (Å²) in [5, 5.41) is 5.72. The molecule has 0 spiro atoms. The van der Waals surface area contributed by atoms with Crippen molar-refractivity contribution >= 4 is 64.2 Å². The molecular formula is C57H59N5O9. The molecule has 0 bridgehead atoms. The van der Waals surface area contributed by atoms with E-state index in [1.54, 1.807) is 45.2 Å². The van der Waals surface area contributed by atoms with Crippen LogP contribution in [-0.2, 0) is 51.7 Å². The summed E-state index contributed by atoms with van der Waals surface area (Å²) in [6, 6.07) is 27.8. The SMILES string of the molecule is COc1cc2c(cc1OCc1cc(COc3cc4c(cc3C)C(=O)N3c5ccccc5C[C@H]3C=N4)cc(NC(=O)[C@H](C)CC(=O)[C@H](C)NC(=O)CCCCC(C)=O)c1)CC[C@@H]1Cc3ccccc3N1C2=O. The normalized spacial score (nSPS) is 17.0. The lowest BCUT2D eigenvalue weighted by molar-refractivity contribution is -0.129. The van der Waals surface area contributed by atoms with Crippen molar-refractivity contribution < 1.29 is 43.0 Å². The zero-order valence-electron chi connectivity index (χ0n) is 40.8. The minimum absolute atomic E-state index is 0.0621. The number of nitrogens with one attached hydrogen (secondary N) is 2. The Kier molecular flexibility index (Phi) is 14.2. The summed E-state index contributed by atoms with van der Waals surface area (Å²) in [7, 11) is 1.54. The molecule has 366 valence electrons. The molecule has 71 heavy (non-hydrogen) atoms. The molecule has 4 amide bonds. The highest BCUT2D eigenvalue weighted by atomic mass is 16.5. The van der Waals surface area contributed by atoms with Crippen molar-refractivity contribution in [2.45, 2.75) is 117 Å². The zero-order chi connectivity index (χ0) is 49.9. The third-order valence-electron chi connectivity index (χ3n) is 13.9. The number of hydrogen-bond acceptors (Lipinski definition) is 10. The van der Waals surface area contributed by atoms with Crippen LogP contribution in [0.5, 0.6) is 17.2 Å². The second-order valence-electron chi connectivity index (χ2n) is 19.2. The number of aliphatic imine (C=N–C) groups is 1. The minimum atomic E-state index is -0.791. The number of hydrogen-bond donors (Lipinski definition) is 2. The number of benzene rings is 5. The maximum atomic E-state index is 14.1. The Morgan fingerprint density at radius 2 is 1.41 bits per heavy atom. The average molecular weight is 958 g/mol. The standard InChI is InChI=1S/C57H59N5O9/c1-33-20-46-47(58-30-44-26-41-14-8-10-16-49(41)62(44)57(46)68)29-51(33)70-31-37-22-38(24-42(23-37)60-55(66)34(2)21-50(64)36(4)59-54(65)17-11-6-12-35(3)63)32-71-53-27-39-18-19-43-25-40-13-7-9-15-48(40)61(43)56(67)45(39)28-52(53)69-5/h7-10,13-16,20,22-24,27-30,34,36,43-44H,6,11-12,17-19,21,25-26,31-32H2,1-5H3,(H,59,65)(H,60,66)/t34-,36+,43-,44+/m1/s1. The van der Waals surface area contributed by atoms with E-state index < -0.39 is 17.9 Å². The Balaban J connectivity index is 0.928. The van der Waals surface area contributed by atoms with Crippen molar-refractivity contribution in [2.75, 3.05) is 22.2 Å². The lowest BCUT2D eigenvalue weighted by Gasteiger charge is -2.23. The quantitative estimate of drug-likeness (QED) is 0.0813. The molecule has 4 heterocycles. The highest BCUT2D eigenvalue weighted by molar-refractivity contribution is 6.15. The maximum absolute atomic E-state index is 14.1. The number of anilines is 3. The Labute approximate surface area is 413 Å². The van der Waals surface area contributed by atoms with Crippen molar-refractivity contribution in [2.24, 2.45) is 10.9 Å². The van der Waals surface area contributed by atoms with Gasteiger partial charge in [0.25, 0.3) is 11.8 Å². The lowest BCUT2D eigenvalue weighted by atomic mass is 9.99. The molecule has 14 heteroatoms. The fourth-order valence-electron chi connectivity index (χ4n) is 10.1. The largest absolute Gasteiger partial charge is 0.493 e. The number of carbonyl (C=O) groups is 6. The number of aryl methyl sites for hydroxylation is 2. The summed E-state index contributed by atoms with van der Waals surface area (Å²) in [5.74, 6) is -0.374. The Hall–Kier alpha value is -7.61. The summed E-state index contributed by atoms with van der Waals surface area (Å²) < 4.78 is 18.8. The van der Waals surface area contributed by atoms with Crippen LogP contribution in [0.25, 0.3) is 0 Å². The van der Waals surface area contributed by atoms with Crippen molar-refractivity contribution in [3.05, 3.63) is 136 Å². The van der Waals surface area contributed by atoms with E-state index in [-0.39, 0.29) is 67.4 Å². The van der Waals surface area contributed by atoms with Gasteiger partial charge in [-0.05, 0) is 135 Å². The van der Waals surface area contributed by atoms with E-state index in [2.05, 4.69) is 16.7 Å². The van der Waals surface area contributed by atoms with E-state index in [9.17, 15) is 28.8 Å². The summed E-state index contributed by atoms with van der Waals surface area (Å²) in [6.07, 6.45) is 6.44. The van der Waals surface area contributed by atoms with Gasteiger partial charge in [0.05, 0.1) is 30.4 Å². The first kappa shape index (κ1) is 48.4. The molecule has 5 aromatic carbocycles. The van der Waals surface area contributed by atoms with Gasteiger partial charge in [0.15, 0.2) is 17.3 Å². The van der Waals surface area contributed by atoms with Crippen LogP contribution < -0.4 is 34.6 Å². The van der Waals surface area contributed by atoms with Crippen molar-refractivity contribution in [3.8, 4) is 17.2 Å². The lowest BCUT2D eigenvalue weighted by Crippen LogP contribution is -2.39. The number of carbonyl (C=O) groups excluding carboxylic acids is 6. The molecule has 0 aromatic heterocycles.